The highest BCUT2D eigenvalue weighted by Crippen LogP contribution is 2.33. The molecule has 1 aromatic heterocycles. The van der Waals surface area contributed by atoms with Crippen molar-refractivity contribution in [2.24, 2.45) is 0 Å². The van der Waals surface area contributed by atoms with Gasteiger partial charge in [-0.15, -0.1) is 11.8 Å². The molecule has 0 saturated carbocycles. The van der Waals surface area contributed by atoms with Crippen LogP contribution in [0.5, 0.6) is 0 Å². The largest absolute Gasteiger partial charge is 0.383 e. The molecule has 0 saturated heterocycles. The molecule has 7 nitrogen and oxygen atoms in total. The van der Waals surface area contributed by atoms with Crippen LogP contribution in [-0.4, -0.2) is 30.4 Å². The minimum absolute atomic E-state index is 0.0434. The Morgan fingerprint density at radius 1 is 1.17 bits per heavy atom. The van der Waals surface area contributed by atoms with Crippen LogP contribution >= 0.6 is 11.8 Å². The van der Waals surface area contributed by atoms with E-state index in [2.05, 4.69) is 10.4 Å². The normalized spacial score (nSPS) is 11.4. The Hall–Kier alpha value is -2.92. The average Bonchev–Trinajstić information content (AvgIpc) is 3.01. The molecule has 2 aromatic carbocycles. The van der Waals surface area contributed by atoms with E-state index < -0.39 is 33.9 Å². The summed E-state index contributed by atoms with van der Waals surface area (Å²) in [5.74, 6) is -2.98. The number of aromatic nitrogens is 2. The number of nitrogens with zero attached hydrogens (tertiary/aromatic N) is 2. The standard InChI is InChI=1S/C18H16F2N4O3S2/c1-28-18-16(29(26,27)12-5-3-2-4-6-12)17(21)24(23-18)10-15(25)22-11-7-8-13(19)14(20)9-11/h2-9H,10,21H2,1H3,(H,22,25). The Morgan fingerprint density at radius 3 is 2.48 bits per heavy atom. The number of nitrogens with one attached hydrogen (secondary N) is 1. The average molecular weight is 438 g/mol. The number of rotatable bonds is 6. The van der Waals surface area contributed by atoms with Gasteiger partial charge in [0.1, 0.15) is 22.3 Å². The zero-order valence-corrected chi connectivity index (χ0v) is 16.7. The fourth-order valence-electron chi connectivity index (χ4n) is 2.57. The smallest absolute Gasteiger partial charge is 0.246 e. The van der Waals surface area contributed by atoms with Crippen molar-refractivity contribution in [2.45, 2.75) is 21.4 Å². The molecule has 3 rings (SSSR count). The van der Waals surface area contributed by atoms with Crippen molar-refractivity contribution >= 4 is 39.0 Å². The van der Waals surface area contributed by atoms with Gasteiger partial charge in [0.15, 0.2) is 11.6 Å². The van der Waals surface area contributed by atoms with Crippen molar-refractivity contribution in [1.29, 1.82) is 0 Å². The molecule has 0 bridgehead atoms. The zero-order chi connectivity index (χ0) is 21.2. The third-order valence-electron chi connectivity index (χ3n) is 3.93. The quantitative estimate of drug-likeness (QED) is 0.573. The van der Waals surface area contributed by atoms with Crippen LogP contribution in [0.3, 0.4) is 0 Å². The fourth-order valence-corrected chi connectivity index (χ4v) is 5.02. The first-order valence-corrected chi connectivity index (χ1v) is 10.9. The predicted molar refractivity (Wildman–Crippen MR) is 105 cm³/mol. The molecule has 11 heteroatoms. The Kier molecular flexibility index (Phi) is 5.89. The highest BCUT2D eigenvalue weighted by Gasteiger charge is 2.29. The number of sulfone groups is 1. The molecule has 0 aliphatic heterocycles. The van der Waals surface area contributed by atoms with Gasteiger partial charge in [0.2, 0.25) is 15.7 Å². The van der Waals surface area contributed by atoms with Crippen LogP contribution in [0.1, 0.15) is 0 Å². The lowest BCUT2D eigenvalue weighted by Gasteiger charge is -2.08. The molecule has 152 valence electrons. The summed E-state index contributed by atoms with van der Waals surface area (Å²) in [6, 6.07) is 10.6. The molecule has 0 spiro atoms. The van der Waals surface area contributed by atoms with Crippen molar-refractivity contribution in [2.75, 3.05) is 17.3 Å². The predicted octanol–water partition coefficient (Wildman–Crippen LogP) is 2.94. The van der Waals surface area contributed by atoms with Crippen molar-refractivity contribution in [3.05, 3.63) is 60.2 Å². The fraction of sp³-hybridized carbons (Fsp3) is 0.111. The number of benzene rings is 2. The molecule has 0 radical (unpaired) electrons. The molecular weight excluding hydrogens is 422 g/mol. The number of hydrogen-bond acceptors (Lipinski definition) is 6. The summed E-state index contributed by atoms with van der Waals surface area (Å²) in [6.45, 7) is -0.414. The topological polar surface area (TPSA) is 107 Å². The molecule has 0 unspecified atom stereocenters. The number of nitrogen functional groups attached to an aromatic ring is 1. The Morgan fingerprint density at radius 2 is 1.86 bits per heavy atom. The number of thioether (sulfide) groups is 1. The van der Waals surface area contributed by atoms with Gasteiger partial charge in [-0.1, -0.05) is 18.2 Å². The lowest BCUT2D eigenvalue weighted by molar-refractivity contribution is -0.116. The number of nitrogens with two attached hydrogens (primary N) is 1. The molecule has 1 amide bonds. The number of carbonyl (C=O) groups is 1. The zero-order valence-electron chi connectivity index (χ0n) is 15.1. The molecule has 0 aliphatic rings. The molecule has 29 heavy (non-hydrogen) atoms. The second kappa shape index (κ2) is 8.21. The van der Waals surface area contributed by atoms with E-state index in [1.165, 1.54) is 18.2 Å². The molecule has 3 aromatic rings. The van der Waals surface area contributed by atoms with E-state index in [4.69, 9.17) is 5.73 Å². The number of anilines is 2. The minimum Gasteiger partial charge on any atom is -0.383 e. The summed E-state index contributed by atoms with van der Waals surface area (Å²) in [5.41, 5.74) is 6.05. The number of halogens is 2. The van der Waals surface area contributed by atoms with E-state index in [9.17, 15) is 22.0 Å². The maximum Gasteiger partial charge on any atom is 0.246 e. The second-order valence-electron chi connectivity index (χ2n) is 5.87. The maximum atomic E-state index is 13.3. The number of carbonyl (C=O) groups excluding carboxylic acids is 1. The first-order valence-electron chi connectivity index (χ1n) is 8.19. The molecule has 0 aliphatic carbocycles. The molecule has 0 fully saturated rings. The van der Waals surface area contributed by atoms with Gasteiger partial charge in [0.25, 0.3) is 0 Å². The first-order chi connectivity index (χ1) is 13.7. The van der Waals surface area contributed by atoms with E-state index in [-0.39, 0.29) is 26.3 Å². The van der Waals surface area contributed by atoms with Crippen LogP contribution < -0.4 is 11.1 Å². The lowest BCUT2D eigenvalue weighted by atomic mass is 10.3. The van der Waals surface area contributed by atoms with E-state index in [0.29, 0.717) is 0 Å². The van der Waals surface area contributed by atoms with Gasteiger partial charge in [-0.25, -0.2) is 21.9 Å². The van der Waals surface area contributed by atoms with Gasteiger partial charge in [-0.2, -0.15) is 5.10 Å². The summed E-state index contributed by atoms with van der Waals surface area (Å²) in [6.07, 6.45) is 1.64. The molecule has 3 N–H and O–H groups in total. The number of amides is 1. The molecule has 1 heterocycles. The van der Waals surface area contributed by atoms with Crippen LogP contribution in [0.4, 0.5) is 20.3 Å². The summed E-state index contributed by atoms with van der Waals surface area (Å²) in [4.78, 5) is 12.1. The second-order valence-corrected chi connectivity index (χ2v) is 8.56. The summed E-state index contributed by atoms with van der Waals surface area (Å²) < 4.78 is 53.3. The van der Waals surface area contributed by atoms with Gasteiger partial charge in [0.05, 0.1) is 4.90 Å². The van der Waals surface area contributed by atoms with Crippen LogP contribution in [-0.2, 0) is 21.2 Å². The van der Waals surface area contributed by atoms with Crippen LogP contribution in [0.15, 0.2) is 63.3 Å². The van der Waals surface area contributed by atoms with E-state index in [0.717, 1.165) is 28.6 Å². The maximum absolute atomic E-state index is 13.3. The lowest BCUT2D eigenvalue weighted by Crippen LogP contribution is -2.21. The van der Waals surface area contributed by atoms with Gasteiger partial charge in [-0.3, -0.25) is 4.79 Å². The van der Waals surface area contributed by atoms with E-state index in [1.54, 1.807) is 24.5 Å². The Labute approximate surface area is 169 Å². The highest BCUT2D eigenvalue weighted by atomic mass is 32.2. The van der Waals surface area contributed by atoms with Crippen LogP contribution in [0.25, 0.3) is 0 Å². The Balaban J connectivity index is 1.90. The summed E-state index contributed by atoms with van der Waals surface area (Å²) >= 11 is 1.07. The minimum atomic E-state index is -3.95. The number of hydrogen-bond donors (Lipinski definition) is 2. The Bertz CT molecular complexity index is 1170. The van der Waals surface area contributed by atoms with Gasteiger partial charge in [0, 0.05) is 11.8 Å². The highest BCUT2D eigenvalue weighted by molar-refractivity contribution is 7.99. The van der Waals surface area contributed by atoms with Gasteiger partial charge in [-0.05, 0) is 30.5 Å². The van der Waals surface area contributed by atoms with Gasteiger partial charge >= 0.3 is 0 Å². The van der Waals surface area contributed by atoms with E-state index in [1.807, 2.05) is 0 Å². The third-order valence-corrected chi connectivity index (χ3v) is 6.56. The molecule has 0 atom stereocenters. The monoisotopic (exact) mass is 438 g/mol. The molecular formula is C18H16F2N4O3S2. The van der Waals surface area contributed by atoms with Crippen molar-refractivity contribution in [1.82, 2.24) is 9.78 Å². The van der Waals surface area contributed by atoms with Crippen molar-refractivity contribution in [3.8, 4) is 0 Å². The first kappa shape index (κ1) is 20.8. The van der Waals surface area contributed by atoms with E-state index >= 15 is 0 Å². The third kappa shape index (κ3) is 4.25. The summed E-state index contributed by atoms with van der Waals surface area (Å²) in [5, 5.41) is 6.64. The van der Waals surface area contributed by atoms with Gasteiger partial charge < -0.3 is 11.1 Å². The summed E-state index contributed by atoms with van der Waals surface area (Å²) in [7, 11) is -3.95. The SMILES string of the molecule is CSc1nn(CC(=O)Nc2ccc(F)c(F)c2)c(N)c1S(=O)(=O)c1ccccc1. The van der Waals surface area contributed by atoms with Crippen LogP contribution in [0, 0.1) is 11.6 Å². The van der Waals surface area contributed by atoms with Crippen molar-refractivity contribution < 1.29 is 22.0 Å². The van der Waals surface area contributed by atoms with Crippen molar-refractivity contribution in [3.63, 3.8) is 0 Å². The van der Waals surface area contributed by atoms with Crippen LogP contribution in [0.2, 0.25) is 0 Å².